The molecular weight excluding hydrogens is 382 g/mol. The lowest BCUT2D eigenvalue weighted by Gasteiger charge is -2.27. The van der Waals surface area contributed by atoms with E-state index in [9.17, 15) is 4.79 Å². The van der Waals surface area contributed by atoms with E-state index in [1.165, 1.54) is 0 Å². The van der Waals surface area contributed by atoms with Crippen molar-refractivity contribution in [3.8, 4) is 0 Å². The fraction of sp³-hybridized carbons (Fsp3) is 0.421. The Morgan fingerprint density at radius 2 is 1.85 bits per heavy atom. The molecule has 0 unspecified atom stereocenters. The number of carbonyl (C=O) groups excluding carboxylic acids is 1. The lowest BCUT2D eigenvalue weighted by molar-refractivity contribution is 0.0726. The normalized spacial score (nSPS) is 16.8. The average Bonchev–Trinajstić information content (AvgIpc) is 3.02. The molecule has 0 aliphatic carbocycles. The molecule has 0 spiro atoms. The number of nitrogens with zero attached hydrogens (tertiary/aromatic N) is 4. The first-order valence-corrected chi connectivity index (χ1v) is 10.6. The van der Waals surface area contributed by atoms with E-state index in [0.717, 1.165) is 35.8 Å². The van der Waals surface area contributed by atoms with Crippen LogP contribution in [0.2, 0.25) is 5.02 Å². The van der Waals surface area contributed by atoms with Crippen LogP contribution in [0.5, 0.6) is 0 Å². The van der Waals surface area contributed by atoms with Crippen molar-refractivity contribution >= 4 is 46.7 Å². The van der Waals surface area contributed by atoms with E-state index in [2.05, 4.69) is 15.2 Å². The van der Waals surface area contributed by atoms with Gasteiger partial charge in [-0.15, -0.1) is 0 Å². The second kappa shape index (κ2) is 7.56. The third kappa shape index (κ3) is 3.71. The zero-order valence-electron chi connectivity index (χ0n) is 15.4. The van der Waals surface area contributed by atoms with Crippen LogP contribution in [0, 0.1) is 0 Å². The van der Waals surface area contributed by atoms with Gasteiger partial charge in [-0.05, 0) is 38.1 Å². The van der Waals surface area contributed by atoms with Gasteiger partial charge in [0.15, 0.2) is 0 Å². The summed E-state index contributed by atoms with van der Waals surface area (Å²) in [7, 11) is 0. The van der Waals surface area contributed by atoms with E-state index >= 15 is 0 Å². The van der Waals surface area contributed by atoms with Gasteiger partial charge in [0.25, 0.3) is 5.91 Å². The maximum atomic E-state index is 12.9. The van der Waals surface area contributed by atoms with Crippen LogP contribution in [-0.4, -0.2) is 51.4 Å². The zero-order valence-corrected chi connectivity index (χ0v) is 17.0. The number of halogens is 1. The first-order valence-electron chi connectivity index (χ1n) is 9.10. The minimum Gasteiger partial charge on any atom is -0.340 e. The molecule has 0 atom stereocenters. The molecule has 1 aromatic heterocycles. The molecule has 6 nitrogen and oxygen atoms in total. The molecule has 0 bridgehead atoms. The Labute approximate surface area is 168 Å². The van der Waals surface area contributed by atoms with Crippen LogP contribution >= 0.6 is 23.4 Å². The van der Waals surface area contributed by atoms with E-state index in [0.29, 0.717) is 29.0 Å². The number of fused-ring (bicyclic) bond motifs is 1. The second-order valence-electron chi connectivity index (χ2n) is 6.96. The van der Waals surface area contributed by atoms with Gasteiger partial charge >= 0.3 is 0 Å². The van der Waals surface area contributed by atoms with E-state index in [-0.39, 0.29) is 11.9 Å². The first kappa shape index (κ1) is 18.4. The molecule has 4 rings (SSSR count). The standard InChI is InChI=1S/C19H22ClN5OS/c1-12(2)25-11-15-16(18(25)26)22-19(24-7-9-27-10-8-24)23-17(15)21-14-5-3-13(20)4-6-14/h3-6,12H,7-11H2,1-2H3,(H,21,22,23). The van der Waals surface area contributed by atoms with Crippen molar-refractivity contribution in [1.29, 1.82) is 0 Å². The number of hydrogen-bond donors (Lipinski definition) is 1. The van der Waals surface area contributed by atoms with Crippen LogP contribution < -0.4 is 10.2 Å². The SMILES string of the molecule is CC(C)N1Cc2c(Nc3ccc(Cl)cc3)nc(N3CCSCC3)nc2C1=O. The maximum absolute atomic E-state index is 12.9. The van der Waals surface area contributed by atoms with Gasteiger partial charge in [0, 0.05) is 46.9 Å². The van der Waals surface area contributed by atoms with Crippen LogP contribution in [-0.2, 0) is 6.54 Å². The van der Waals surface area contributed by atoms with Crippen LogP contribution in [0.15, 0.2) is 24.3 Å². The van der Waals surface area contributed by atoms with E-state index in [1.807, 2.05) is 54.8 Å². The van der Waals surface area contributed by atoms with Crippen molar-refractivity contribution in [1.82, 2.24) is 14.9 Å². The number of thioether (sulfide) groups is 1. The van der Waals surface area contributed by atoms with Gasteiger partial charge < -0.3 is 15.1 Å². The summed E-state index contributed by atoms with van der Waals surface area (Å²) in [6.07, 6.45) is 0. The molecule has 3 heterocycles. The Balaban J connectivity index is 1.74. The summed E-state index contributed by atoms with van der Waals surface area (Å²) in [6.45, 7) is 6.36. The lowest BCUT2D eigenvalue weighted by atomic mass is 10.2. The Bertz CT molecular complexity index is 852. The van der Waals surface area contributed by atoms with Crippen LogP contribution in [0.4, 0.5) is 17.5 Å². The van der Waals surface area contributed by atoms with Gasteiger partial charge in [-0.2, -0.15) is 16.7 Å². The molecule has 2 aliphatic heterocycles. The highest BCUT2D eigenvalue weighted by atomic mass is 35.5. The number of amides is 1. The largest absolute Gasteiger partial charge is 0.340 e. The van der Waals surface area contributed by atoms with Crippen molar-refractivity contribution in [2.45, 2.75) is 26.4 Å². The predicted octanol–water partition coefficient (Wildman–Crippen LogP) is 3.79. The zero-order chi connectivity index (χ0) is 19.0. The van der Waals surface area contributed by atoms with Crippen molar-refractivity contribution in [3.63, 3.8) is 0 Å². The number of aromatic nitrogens is 2. The van der Waals surface area contributed by atoms with Gasteiger partial charge in [-0.1, -0.05) is 11.6 Å². The van der Waals surface area contributed by atoms with Crippen molar-refractivity contribution in [2.75, 3.05) is 34.8 Å². The molecule has 0 radical (unpaired) electrons. The number of nitrogens with one attached hydrogen (secondary N) is 1. The number of hydrogen-bond acceptors (Lipinski definition) is 6. The molecular formula is C19H22ClN5OS. The summed E-state index contributed by atoms with van der Waals surface area (Å²) in [5, 5.41) is 4.05. The molecule has 1 amide bonds. The van der Waals surface area contributed by atoms with Crippen LogP contribution in [0.3, 0.4) is 0 Å². The fourth-order valence-corrected chi connectivity index (χ4v) is 4.30. The van der Waals surface area contributed by atoms with Gasteiger partial charge in [0.2, 0.25) is 5.95 Å². The Hall–Kier alpha value is -1.99. The maximum Gasteiger partial charge on any atom is 0.273 e. The summed E-state index contributed by atoms with van der Waals surface area (Å²) >= 11 is 7.93. The summed E-state index contributed by atoms with van der Waals surface area (Å²) in [5.41, 5.74) is 2.26. The molecule has 1 fully saturated rings. The van der Waals surface area contributed by atoms with Crippen LogP contribution in [0.25, 0.3) is 0 Å². The Morgan fingerprint density at radius 1 is 1.15 bits per heavy atom. The average molecular weight is 404 g/mol. The van der Waals surface area contributed by atoms with Crippen molar-refractivity contribution < 1.29 is 4.79 Å². The van der Waals surface area contributed by atoms with Gasteiger partial charge in [0.1, 0.15) is 11.5 Å². The summed E-state index contributed by atoms with van der Waals surface area (Å²) < 4.78 is 0. The number of anilines is 3. The molecule has 1 saturated heterocycles. The van der Waals surface area contributed by atoms with Crippen molar-refractivity contribution in [3.05, 3.63) is 40.5 Å². The van der Waals surface area contributed by atoms with E-state index in [4.69, 9.17) is 16.6 Å². The quantitative estimate of drug-likeness (QED) is 0.838. The number of carbonyl (C=O) groups is 1. The monoisotopic (exact) mass is 403 g/mol. The molecule has 27 heavy (non-hydrogen) atoms. The number of rotatable bonds is 4. The molecule has 2 aromatic rings. The van der Waals surface area contributed by atoms with Crippen molar-refractivity contribution in [2.24, 2.45) is 0 Å². The third-order valence-electron chi connectivity index (χ3n) is 4.81. The molecule has 2 aliphatic rings. The van der Waals surface area contributed by atoms with Gasteiger partial charge in [0.05, 0.1) is 6.54 Å². The molecule has 8 heteroatoms. The highest BCUT2D eigenvalue weighted by Crippen LogP contribution is 2.32. The molecule has 1 N–H and O–H groups in total. The summed E-state index contributed by atoms with van der Waals surface area (Å²) in [4.78, 5) is 26.3. The lowest BCUT2D eigenvalue weighted by Crippen LogP contribution is -2.34. The minimum atomic E-state index is -0.0193. The summed E-state index contributed by atoms with van der Waals surface area (Å²) in [5.74, 6) is 3.41. The minimum absolute atomic E-state index is 0.0193. The third-order valence-corrected chi connectivity index (χ3v) is 6.01. The van der Waals surface area contributed by atoms with Gasteiger partial charge in [-0.3, -0.25) is 4.79 Å². The molecule has 142 valence electrons. The van der Waals surface area contributed by atoms with Crippen LogP contribution in [0.1, 0.15) is 29.9 Å². The van der Waals surface area contributed by atoms with Gasteiger partial charge in [-0.25, -0.2) is 4.98 Å². The second-order valence-corrected chi connectivity index (χ2v) is 8.62. The smallest absolute Gasteiger partial charge is 0.273 e. The number of benzene rings is 1. The predicted molar refractivity (Wildman–Crippen MR) is 111 cm³/mol. The fourth-order valence-electron chi connectivity index (χ4n) is 3.27. The molecule has 1 aromatic carbocycles. The molecule has 0 saturated carbocycles. The highest BCUT2D eigenvalue weighted by Gasteiger charge is 2.35. The Kier molecular flexibility index (Phi) is 5.14. The summed E-state index contributed by atoms with van der Waals surface area (Å²) in [6, 6.07) is 7.60. The van der Waals surface area contributed by atoms with E-state index < -0.39 is 0 Å². The topological polar surface area (TPSA) is 61.4 Å². The highest BCUT2D eigenvalue weighted by molar-refractivity contribution is 7.99. The Morgan fingerprint density at radius 3 is 2.52 bits per heavy atom. The first-order chi connectivity index (χ1) is 13.0. The van der Waals surface area contributed by atoms with E-state index in [1.54, 1.807) is 0 Å².